The minimum Gasteiger partial charge on any atom is -0.409 e. The highest BCUT2D eigenvalue weighted by Crippen LogP contribution is 2.28. The summed E-state index contributed by atoms with van der Waals surface area (Å²) in [5.74, 6) is 0.325. The topological polar surface area (TPSA) is 73.9 Å². The summed E-state index contributed by atoms with van der Waals surface area (Å²) in [5.41, 5.74) is 5.58. The zero-order valence-electron chi connectivity index (χ0n) is 10.6. The van der Waals surface area contributed by atoms with Crippen LogP contribution >= 0.6 is 0 Å². The second-order valence-corrected chi connectivity index (χ2v) is 5.21. The van der Waals surface area contributed by atoms with Gasteiger partial charge in [-0.25, -0.2) is 0 Å². The van der Waals surface area contributed by atoms with Gasteiger partial charge >= 0.3 is 0 Å². The number of hydrogen-bond donors (Lipinski definition) is 3. The molecule has 2 aliphatic heterocycles. The molecule has 4 N–H and O–H groups in total. The first-order valence-electron chi connectivity index (χ1n) is 6.71. The maximum Gasteiger partial charge on any atom is 0.140 e. The van der Waals surface area contributed by atoms with Gasteiger partial charge in [0.15, 0.2) is 0 Å². The third-order valence-corrected chi connectivity index (χ3v) is 4.13. The van der Waals surface area contributed by atoms with Gasteiger partial charge in [0.1, 0.15) is 5.84 Å². The molecule has 2 fully saturated rings. The van der Waals surface area contributed by atoms with Gasteiger partial charge < -0.3 is 16.3 Å². The van der Waals surface area contributed by atoms with Crippen LogP contribution in [0, 0.1) is 0 Å². The summed E-state index contributed by atoms with van der Waals surface area (Å²) >= 11 is 0. The van der Waals surface area contributed by atoms with Crippen LogP contribution < -0.4 is 11.1 Å². The van der Waals surface area contributed by atoms with Crippen LogP contribution in [0.5, 0.6) is 0 Å². The average molecular weight is 240 g/mol. The highest BCUT2D eigenvalue weighted by Gasteiger charge is 2.37. The van der Waals surface area contributed by atoms with Gasteiger partial charge in [-0.15, -0.1) is 0 Å². The van der Waals surface area contributed by atoms with Crippen molar-refractivity contribution in [3.05, 3.63) is 0 Å². The third-order valence-electron chi connectivity index (χ3n) is 4.13. The number of nitrogens with one attached hydrogen (secondary N) is 1. The Morgan fingerprint density at radius 1 is 1.53 bits per heavy atom. The number of rotatable bonds is 5. The molecule has 0 amide bonds. The Bertz CT molecular complexity index is 282. The number of nitrogens with two attached hydrogens (primary N) is 1. The monoisotopic (exact) mass is 240 g/mol. The first kappa shape index (κ1) is 12.6. The largest absolute Gasteiger partial charge is 0.409 e. The summed E-state index contributed by atoms with van der Waals surface area (Å²) in [6.07, 6.45) is 5.53. The minimum atomic E-state index is 0.325. The summed E-state index contributed by atoms with van der Waals surface area (Å²) in [6.45, 7) is 4.63. The van der Waals surface area contributed by atoms with Crippen LogP contribution in [0.15, 0.2) is 5.16 Å². The van der Waals surface area contributed by atoms with E-state index in [1.54, 1.807) is 0 Å². The van der Waals surface area contributed by atoms with E-state index in [0.29, 0.717) is 24.3 Å². The summed E-state index contributed by atoms with van der Waals surface area (Å²) < 4.78 is 0. The predicted molar refractivity (Wildman–Crippen MR) is 68.2 cm³/mol. The van der Waals surface area contributed by atoms with Crippen LogP contribution in [0.1, 0.15) is 39.0 Å². The van der Waals surface area contributed by atoms with Gasteiger partial charge in [-0.3, -0.25) is 4.90 Å². The molecule has 2 heterocycles. The molecule has 0 spiro atoms. The van der Waals surface area contributed by atoms with Gasteiger partial charge in [0, 0.05) is 31.1 Å². The quantitative estimate of drug-likeness (QED) is 0.287. The molecule has 2 aliphatic rings. The maximum atomic E-state index is 8.62. The van der Waals surface area contributed by atoms with E-state index in [0.717, 1.165) is 12.5 Å². The van der Waals surface area contributed by atoms with Gasteiger partial charge in [-0.2, -0.15) is 0 Å². The van der Waals surface area contributed by atoms with Crippen molar-refractivity contribution in [1.29, 1.82) is 0 Å². The first-order valence-corrected chi connectivity index (χ1v) is 6.71. The summed E-state index contributed by atoms with van der Waals surface area (Å²) in [5, 5.41) is 15.4. The fourth-order valence-electron chi connectivity index (χ4n) is 3.19. The van der Waals surface area contributed by atoms with E-state index in [9.17, 15) is 0 Å². The second kappa shape index (κ2) is 5.69. The Hall–Kier alpha value is -0.810. The van der Waals surface area contributed by atoms with Crippen LogP contribution in [0.25, 0.3) is 0 Å². The molecule has 0 aromatic carbocycles. The molecule has 3 unspecified atom stereocenters. The number of fused-ring (bicyclic) bond motifs is 1. The van der Waals surface area contributed by atoms with Crippen LogP contribution in [-0.4, -0.2) is 47.2 Å². The minimum absolute atomic E-state index is 0.325. The molecule has 3 atom stereocenters. The Morgan fingerprint density at radius 2 is 2.35 bits per heavy atom. The van der Waals surface area contributed by atoms with Crippen molar-refractivity contribution in [2.45, 2.75) is 57.2 Å². The zero-order chi connectivity index (χ0) is 12.3. The molecule has 0 radical (unpaired) electrons. The van der Waals surface area contributed by atoms with Crippen LogP contribution in [-0.2, 0) is 0 Å². The predicted octanol–water partition coefficient (Wildman–Crippen LogP) is 0.728. The first-order chi connectivity index (χ1) is 8.24. The van der Waals surface area contributed by atoms with E-state index in [1.165, 1.54) is 32.4 Å². The van der Waals surface area contributed by atoms with Crippen molar-refractivity contribution in [3.8, 4) is 0 Å². The number of nitrogens with zero attached hydrogens (tertiary/aromatic N) is 2. The Balaban J connectivity index is 1.86. The Morgan fingerprint density at radius 3 is 3.06 bits per heavy atom. The summed E-state index contributed by atoms with van der Waals surface area (Å²) in [6, 6.07) is 1.64. The SMILES string of the molecule is CCC(CC(N)=NO)NC1CCN2CCCC12. The summed E-state index contributed by atoms with van der Waals surface area (Å²) in [7, 11) is 0. The molecular weight excluding hydrogens is 216 g/mol. The van der Waals surface area contributed by atoms with Crippen molar-refractivity contribution in [1.82, 2.24) is 10.2 Å². The Labute approximate surface area is 103 Å². The number of amidine groups is 1. The van der Waals surface area contributed by atoms with E-state index < -0.39 is 0 Å². The van der Waals surface area contributed by atoms with Gasteiger partial charge in [0.05, 0.1) is 0 Å². The van der Waals surface area contributed by atoms with Gasteiger partial charge in [-0.1, -0.05) is 12.1 Å². The van der Waals surface area contributed by atoms with E-state index in [2.05, 4.69) is 22.3 Å². The fraction of sp³-hybridized carbons (Fsp3) is 0.917. The highest BCUT2D eigenvalue weighted by molar-refractivity contribution is 5.80. The van der Waals surface area contributed by atoms with Crippen LogP contribution in [0.4, 0.5) is 0 Å². The lowest BCUT2D eigenvalue weighted by atomic mass is 10.0. The molecule has 0 aliphatic carbocycles. The second-order valence-electron chi connectivity index (χ2n) is 5.21. The molecule has 2 saturated heterocycles. The molecule has 2 rings (SSSR count). The van der Waals surface area contributed by atoms with Crippen molar-refractivity contribution < 1.29 is 5.21 Å². The molecular formula is C12H24N4O. The van der Waals surface area contributed by atoms with Crippen LogP contribution in [0.2, 0.25) is 0 Å². The third kappa shape index (κ3) is 2.90. The summed E-state index contributed by atoms with van der Waals surface area (Å²) in [4.78, 5) is 2.59. The van der Waals surface area contributed by atoms with E-state index in [1.807, 2.05) is 0 Å². The highest BCUT2D eigenvalue weighted by atomic mass is 16.4. The molecule has 0 bridgehead atoms. The fourth-order valence-corrected chi connectivity index (χ4v) is 3.19. The number of hydrogen-bond acceptors (Lipinski definition) is 4. The molecule has 0 saturated carbocycles. The normalized spacial score (nSPS) is 31.7. The molecule has 5 nitrogen and oxygen atoms in total. The molecule has 5 heteroatoms. The Kier molecular flexibility index (Phi) is 4.23. The smallest absolute Gasteiger partial charge is 0.140 e. The van der Waals surface area contributed by atoms with Crippen molar-refractivity contribution in [2.75, 3.05) is 13.1 Å². The zero-order valence-corrected chi connectivity index (χ0v) is 10.6. The lowest BCUT2D eigenvalue weighted by Gasteiger charge is -2.26. The van der Waals surface area contributed by atoms with Gasteiger partial charge in [0.2, 0.25) is 0 Å². The van der Waals surface area contributed by atoms with Crippen molar-refractivity contribution in [3.63, 3.8) is 0 Å². The van der Waals surface area contributed by atoms with E-state index in [-0.39, 0.29) is 0 Å². The van der Waals surface area contributed by atoms with Crippen molar-refractivity contribution in [2.24, 2.45) is 10.9 Å². The lowest BCUT2D eigenvalue weighted by molar-refractivity contribution is 0.285. The molecule has 98 valence electrons. The van der Waals surface area contributed by atoms with Gasteiger partial charge in [0.25, 0.3) is 0 Å². The van der Waals surface area contributed by atoms with E-state index in [4.69, 9.17) is 10.9 Å². The number of oxime groups is 1. The van der Waals surface area contributed by atoms with E-state index >= 15 is 0 Å². The molecule has 0 aromatic rings. The van der Waals surface area contributed by atoms with Gasteiger partial charge in [-0.05, 0) is 32.2 Å². The lowest BCUT2D eigenvalue weighted by Crippen LogP contribution is -2.45. The van der Waals surface area contributed by atoms with Crippen molar-refractivity contribution >= 4 is 5.84 Å². The molecule has 17 heavy (non-hydrogen) atoms. The average Bonchev–Trinajstić information content (AvgIpc) is 2.92. The maximum absolute atomic E-state index is 8.62. The van der Waals surface area contributed by atoms with Crippen LogP contribution in [0.3, 0.4) is 0 Å². The molecule has 0 aromatic heterocycles. The standard InChI is InChI=1S/C12H24N4O/c1-2-9(8-12(13)15-17)14-10-5-7-16-6-3-4-11(10)16/h9-11,14,17H,2-8H2,1H3,(H2,13,15).